The molecule has 0 heterocycles. The third-order valence-electron chi connectivity index (χ3n) is 3.61. The zero-order valence-corrected chi connectivity index (χ0v) is 13.9. The fourth-order valence-electron chi connectivity index (χ4n) is 2.34. The molecule has 0 bridgehead atoms. The topological polar surface area (TPSA) is 55.4 Å². The molecule has 0 spiro atoms. The van der Waals surface area contributed by atoms with Crippen molar-refractivity contribution >= 4 is 10.0 Å². The van der Waals surface area contributed by atoms with E-state index in [1.165, 1.54) is 25.3 Å². The molecule has 0 radical (unpaired) electrons. The number of aryl methyl sites for hydroxylation is 1. The van der Waals surface area contributed by atoms with Gasteiger partial charge in [-0.15, -0.1) is 0 Å². The van der Waals surface area contributed by atoms with E-state index in [0.717, 1.165) is 11.1 Å². The highest BCUT2D eigenvalue weighted by atomic mass is 32.2. The third-order valence-corrected chi connectivity index (χ3v) is 4.91. The Labute approximate surface area is 136 Å². The van der Waals surface area contributed by atoms with Crippen LogP contribution in [0.4, 0.5) is 4.39 Å². The summed E-state index contributed by atoms with van der Waals surface area (Å²) in [5, 5.41) is 0. The Morgan fingerprint density at radius 2 is 1.78 bits per heavy atom. The summed E-state index contributed by atoms with van der Waals surface area (Å²) < 4.78 is 45.8. The lowest BCUT2D eigenvalue weighted by atomic mass is 10.0. The molecule has 0 aliphatic rings. The molecule has 0 saturated carbocycles. The number of halogens is 1. The first-order chi connectivity index (χ1) is 10.9. The van der Waals surface area contributed by atoms with Gasteiger partial charge in [0.2, 0.25) is 10.0 Å². The number of sulfonamides is 1. The molecular formula is C17H20FNO3S. The van der Waals surface area contributed by atoms with Crippen LogP contribution in [0.3, 0.4) is 0 Å². The van der Waals surface area contributed by atoms with Crippen molar-refractivity contribution in [3.05, 3.63) is 71.0 Å². The summed E-state index contributed by atoms with van der Waals surface area (Å²) in [7, 11) is -2.12. The Kier molecular flexibility index (Phi) is 5.87. The Hall–Kier alpha value is -1.76. The molecule has 0 aromatic heterocycles. The highest BCUT2D eigenvalue weighted by Gasteiger charge is 2.18. The lowest BCUT2D eigenvalue weighted by molar-refractivity contribution is 0.107. The molecule has 0 saturated heterocycles. The maximum Gasteiger partial charge on any atom is 0.215 e. The minimum absolute atomic E-state index is 0.0954. The Morgan fingerprint density at radius 3 is 2.43 bits per heavy atom. The summed E-state index contributed by atoms with van der Waals surface area (Å²) in [5.41, 5.74) is 2.08. The fraction of sp³-hybridized carbons (Fsp3) is 0.294. The molecule has 23 heavy (non-hydrogen) atoms. The molecule has 1 atom stereocenters. The van der Waals surface area contributed by atoms with E-state index in [1.807, 2.05) is 31.2 Å². The van der Waals surface area contributed by atoms with E-state index in [9.17, 15) is 12.8 Å². The van der Waals surface area contributed by atoms with Crippen molar-refractivity contribution in [1.29, 1.82) is 0 Å². The molecule has 2 aromatic carbocycles. The first kappa shape index (κ1) is 17.6. The van der Waals surface area contributed by atoms with E-state index in [1.54, 1.807) is 6.07 Å². The molecule has 4 nitrogen and oxygen atoms in total. The van der Waals surface area contributed by atoms with Gasteiger partial charge in [-0.25, -0.2) is 17.5 Å². The van der Waals surface area contributed by atoms with Crippen molar-refractivity contribution in [3.8, 4) is 0 Å². The van der Waals surface area contributed by atoms with Crippen LogP contribution in [0.25, 0.3) is 0 Å². The number of methoxy groups -OCH3 is 1. The highest BCUT2D eigenvalue weighted by Crippen LogP contribution is 2.20. The van der Waals surface area contributed by atoms with Crippen LogP contribution in [0, 0.1) is 12.7 Å². The second kappa shape index (κ2) is 7.68. The van der Waals surface area contributed by atoms with Gasteiger partial charge >= 0.3 is 0 Å². The van der Waals surface area contributed by atoms with Crippen LogP contribution in [0.2, 0.25) is 0 Å². The van der Waals surface area contributed by atoms with Gasteiger partial charge in [-0.05, 0) is 24.1 Å². The van der Waals surface area contributed by atoms with Gasteiger partial charge in [0, 0.05) is 19.2 Å². The van der Waals surface area contributed by atoms with Crippen molar-refractivity contribution in [2.45, 2.75) is 18.8 Å². The number of ether oxygens (including phenoxy) is 1. The summed E-state index contributed by atoms with van der Waals surface area (Å²) >= 11 is 0. The molecule has 1 N–H and O–H groups in total. The van der Waals surface area contributed by atoms with Crippen LogP contribution in [0.15, 0.2) is 48.5 Å². The highest BCUT2D eigenvalue weighted by molar-refractivity contribution is 7.88. The van der Waals surface area contributed by atoms with Gasteiger partial charge in [0.25, 0.3) is 0 Å². The fourth-order valence-corrected chi connectivity index (χ4v) is 3.49. The molecule has 0 amide bonds. The first-order valence-electron chi connectivity index (χ1n) is 7.22. The zero-order chi connectivity index (χ0) is 16.9. The number of hydrogen-bond donors (Lipinski definition) is 1. The van der Waals surface area contributed by atoms with Crippen LogP contribution in [-0.4, -0.2) is 22.1 Å². The van der Waals surface area contributed by atoms with Crippen molar-refractivity contribution < 1.29 is 17.5 Å². The van der Waals surface area contributed by atoms with Crippen molar-refractivity contribution in [2.24, 2.45) is 0 Å². The first-order valence-corrected chi connectivity index (χ1v) is 8.87. The Morgan fingerprint density at radius 1 is 1.13 bits per heavy atom. The van der Waals surface area contributed by atoms with Crippen molar-refractivity contribution in [1.82, 2.24) is 4.72 Å². The lowest BCUT2D eigenvalue weighted by Crippen LogP contribution is -2.30. The molecule has 0 aliphatic heterocycles. The summed E-state index contributed by atoms with van der Waals surface area (Å²) in [4.78, 5) is 0. The van der Waals surface area contributed by atoms with Gasteiger partial charge in [-0.3, -0.25) is 0 Å². The second-order valence-electron chi connectivity index (χ2n) is 5.28. The standard InChI is InChI=1S/C17H20FNO3S/c1-13-7-3-5-9-15(13)17(22-2)11-19-23(20,21)12-14-8-4-6-10-16(14)18/h3-10,17,19H,11-12H2,1-2H3. The molecule has 124 valence electrons. The van der Waals surface area contributed by atoms with Crippen molar-refractivity contribution in [3.63, 3.8) is 0 Å². The summed E-state index contributed by atoms with van der Waals surface area (Å²) in [6.45, 7) is 2.04. The van der Waals surface area contributed by atoms with E-state index >= 15 is 0 Å². The minimum Gasteiger partial charge on any atom is -0.375 e. The normalized spacial score (nSPS) is 13.0. The SMILES string of the molecule is COC(CNS(=O)(=O)Cc1ccccc1F)c1ccccc1C. The largest absolute Gasteiger partial charge is 0.375 e. The van der Waals surface area contributed by atoms with E-state index in [0.29, 0.717) is 0 Å². The predicted octanol–water partition coefficient (Wildman–Crippen LogP) is 2.94. The summed E-state index contributed by atoms with van der Waals surface area (Å²) in [5.74, 6) is -0.927. The average molecular weight is 337 g/mol. The molecule has 6 heteroatoms. The average Bonchev–Trinajstić information content (AvgIpc) is 2.51. The Balaban J connectivity index is 2.06. The van der Waals surface area contributed by atoms with Gasteiger partial charge in [-0.2, -0.15) is 0 Å². The molecule has 2 rings (SSSR count). The molecule has 0 fully saturated rings. The number of benzene rings is 2. The maximum atomic E-state index is 13.6. The number of nitrogens with one attached hydrogen (secondary N) is 1. The van der Waals surface area contributed by atoms with Crippen LogP contribution in [-0.2, 0) is 20.5 Å². The minimum atomic E-state index is -3.65. The number of rotatable bonds is 7. The molecule has 0 aliphatic carbocycles. The quantitative estimate of drug-likeness (QED) is 0.845. The summed E-state index contributed by atoms with van der Waals surface area (Å²) in [6.07, 6.45) is -0.397. The molecule has 2 aromatic rings. The third kappa shape index (κ3) is 4.86. The second-order valence-corrected chi connectivity index (χ2v) is 7.09. The number of hydrogen-bond acceptors (Lipinski definition) is 3. The monoisotopic (exact) mass is 337 g/mol. The summed E-state index contributed by atoms with van der Waals surface area (Å²) in [6, 6.07) is 13.5. The lowest BCUT2D eigenvalue weighted by Gasteiger charge is -2.18. The maximum absolute atomic E-state index is 13.6. The van der Waals surface area contributed by atoms with E-state index in [4.69, 9.17) is 4.74 Å². The van der Waals surface area contributed by atoms with Crippen LogP contribution >= 0.6 is 0 Å². The van der Waals surface area contributed by atoms with Gasteiger partial charge < -0.3 is 4.74 Å². The van der Waals surface area contributed by atoms with Crippen molar-refractivity contribution in [2.75, 3.05) is 13.7 Å². The van der Waals surface area contributed by atoms with Crippen LogP contribution in [0.1, 0.15) is 22.8 Å². The van der Waals surface area contributed by atoms with Gasteiger partial charge in [0.05, 0.1) is 11.9 Å². The molecule has 1 unspecified atom stereocenters. The zero-order valence-electron chi connectivity index (χ0n) is 13.1. The van der Waals surface area contributed by atoms with E-state index in [-0.39, 0.29) is 12.1 Å². The van der Waals surface area contributed by atoms with Crippen LogP contribution < -0.4 is 4.72 Å². The predicted molar refractivity (Wildman–Crippen MR) is 88.0 cm³/mol. The van der Waals surface area contributed by atoms with Gasteiger partial charge in [0.15, 0.2) is 0 Å². The smallest absolute Gasteiger partial charge is 0.215 e. The van der Waals surface area contributed by atoms with E-state index in [2.05, 4.69) is 4.72 Å². The molecular weight excluding hydrogens is 317 g/mol. The Bertz CT molecular complexity index is 762. The van der Waals surface area contributed by atoms with Gasteiger partial charge in [0.1, 0.15) is 5.82 Å². The van der Waals surface area contributed by atoms with Crippen LogP contribution in [0.5, 0.6) is 0 Å². The van der Waals surface area contributed by atoms with E-state index < -0.39 is 27.7 Å². The van der Waals surface area contributed by atoms with Gasteiger partial charge in [-0.1, -0.05) is 42.5 Å².